The van der Waals surface area contributed by atoms with Gasteiger partial charge in [0.2, 0.25) is 0 Å². The highest BCUT2D eigenvalue weighted by atomic mass is 19.1. The summed E-state index contributed by atoms with van der Waals surface area (Å²) in [6.45, 7) is 4.20. The van der Waals surface area contributed by atoms with Gasteiger partial charge in [0.1, 0.15) is 5.82 Å². The Morgan fingerprint density at radius 2 is 2.04 bits per heavy atom. The number of halogens is 1. The van der Waals surface area contributed by atoms with Crippen LogP contribution in [0.2, 0.25) is 0 Å². The highest BCUT2D eigenvalue weighted by Gasteiger charge is 2.27. The van der Waals surface area contributed by atoms with Crippen molar-refractivity contribution in [3.05, 3.63) is 53.6 Å². The Morgan fingerprint density at radius 3 is 2.85 bits per heavy atom. The molecule has 0 saturated carbocycles. The minimum Gasteiger partial charge on any atom is -0.336 e. The van der Waals surface area contributed by atoms with Crippen molar-refractivity contribution in [2.24, 2.45) is 0 Å². The summed E-state index contributed by atoms with van der Waals surface area (Å²) in [5.41, 5.74) is 1.79. The number of amides is 2. The fraction of sp³-hybridized carbons (Fsp3) is 0.474. The van der Waals surface area contributed by atoms with Gasteiger partial charge in [0.25, 0.3) is 0 Å². The van der Waals surface area contributed by atoms with Gasteiger partial charge in [0.05, 0.1) is 11.7 Å². The van der Waals surface area contributed by atoms with Crippen molar-refractivity contribution >= 4 is 6.03 Å². The molecule has 7 heteroatoms. The second-order valence-corrected chi connectivity index (χ2v) is 7.06. The molecule has 1 fully saturated rings. The van der Waals surface area contributed by atoms with Gasteiger partial charge < -0.3 is 10.2 Å². The van der Waals surface area contributed by atoms with Crippen molar-refractivity contribution in [1.29, 1.82) is 0 Å². The van der Waals surface area contributed by atoms with Crippen LogP contribution >= 0.6 is 0 Å². The van der Waals surface area contributed by atoms with E-state index in [9.17, 15) is 9.18 Å². The van der Waals surface area contributed by atoms with Gasteiger partial charge in [-0.2, -0.15) is 5.10 Å². The van der Waals surface area contributed by atoms with Crippen molar-refractivity contribution in [2.45, 2.75) is 32.0 Å². The Hall–Kier alpha value is -2.41. The molecule has 2 amide bonds. The van der Waals surface area contributed by atoms with Crippen LogP contribution in [-0.2, 0) is 13.1 Å². The zero-order chi connectivity index (χ0) is 17.9. The van der Waals surface area contributed by atoms with E-state index in [-0.39, 0.29) is 17.9 Å². The van der Waals surface area contributed by atoms with E-state index in [4.69, 9.17) is 0 Å². The molecule has 1 N–H and O–H groups in total. The maximum atomic E-state index is 14.0. The summed E-state index contributed by atoms with van der Waals surface area (Å²) in [4.78, 5) is 16.4. The van der Waals surface area contributed by atoms with Gasteiger partial charge in [-0.15, -0.1) is 0 Å². The van der Waals surface area contributed by atoms with Crippen molar-refractivity contribution in [1.82, 2.24) is 24.9 Å². The van der Waals surface area contributed by atoms with Crippen LogP contribution in [-0.4, -0.2) is 51.8 Å². The largest absolute Gasteiger partial charge is 0.336 e. The maximum Gasteiger partial charge on any atom is 0.317 e. The molecule has 6 nitrogen and oxygen atoms in total. The molecule has 0 spiro atoms. The standard InChI is InChI=1S/C19H24FN5O/c20-18-6-2-1-5-15(18)12-23-13-16-7-8-22-25(16)17(14-23)11-21-19(26)24-9-3-4-10-24/h1-2,5-8,17H,3-4,9-14H2,(H,21,26)/t17-/m0/s1. The highest BCUT2D eigenvalue weighted by Crippen LogP contribution is 2.22. The number of carbonyl (C=O) groups excluding carboxylic acids is 1. The molecule has 2 aliphatic rings. The van der Waals surface area contributed by atoms with Gasteiger partial charge >= 0.3 is 6.03 Å². The van der Waals surface area contributed by atoms with E-state index in [1.807, 2.05) is 27.8 Å². The number of carbonyl (C=O) groups is 1. The lowest BCUT2D eigenvalue weighted by Gasteiger charge is -2.34. The molecule has 2 aliphatic heterocycles. The van der Waals surface area contributed by atoms with Gasteiger partial charge in [-0.25, -0.2) is 9.18 Å². The van der Waals surface area contributed by atoms with Crippen LogP contribution in [0.15, 0.2) is 36.5 Å². The van der Waals surface area contributed by atoms with Crippen molar-refractivity contribution in [3.63, 3.8) is 0 Å². The van der Waals surface area contributed by atoms with E-state index >= 15 is 0 Å². The molecule has 0 aliphatic carbocycles. The topological polar surface area (TPSA) is 53.4 Å². The summed E-state index contributed by atoms with van der Waals surface area (Å²) in [7, 11) is 0. The first-order chi connectivity index (χ1) is 12.7. The molecule has 4 rings (SSSR count). The Labute approximate surface area is 152 Å². The van der Waals surface area contributed by atoms with E-state index in [1.54, 1.807) is 12.3 Å². The Bertz CT molecular complexity index is 771. The van der Waals surface area contributed by atoms with E-state index in [0.29, 0.717) is 18.7 Å². The lowest BCUT2D eigenvalue weighted by molar-refractivity contribution is 0.159. The number of rotatable bonds is 4. The molecule has 1 atom stereocenters. The number of benzene rings is 1. The first kappa shape index (κ1) is 17.0. The number of nitrogens with one attached hydrogen (secondary N) is 1. The third-order valence-corrected chi connectivity index (χ3v) is 5.19. The van der Waals surface area contributed by atoms with Crippen molar-refractivity contribution in [2.75, 3.05) is 26.2 Å². The van der Waals surface area contributed by atoms with Gasteiger partial charge in [-0.3, -0.25) is 9.58 Å². The summed E-state index contributed by atoms with van der Waals surface area (Å²) < 4.78 is 16.0. The number of hydrogen-bond acceptors (Lipinski definition) is 3. The van der Waals surface area contributed by atoms with Crippen LogP contribution in [0.5, 0.6) is 0 Å². The van der Waals surface area contributed by atoms with Crippen LogP contribution in [0.25, 0.3) is 0 Å². The van der Waals surface area contributed by atoms with Gasteiger partial charge in [0.15, 0.2) is 0 Å². The molecular formula is C19H24FN5O. The fourth-order valence-corrected chi connectivity index (χ4v) is 3.84. The molecule has 3 heterocycles. The predicted octanol–water partition coefficient (Wildman–Crippen LogP) is 2.38. The van der Waals surface area contributed by atoms with E-state index in [0.717, 1.165) is 44.7 Å². The van der Waals surface area contributed by atoms with Crippen molar-refractivity contribution in [3.8, 4) is 0 Å². The quantitative estimate of drug-likeness (QED) is 0.914. The number of urea groups is 1. The zero-order valence-corrected chi connectivity index (χ0v) is 14.8. The molecular weight excluding hydrogens is 333 g/mol. The molecule has 0 bridgehead atoms. The summed E-state index contributed by atoms with van der Waals surface area (Å²) in [6.07, 6.45) is 3.95. The number of aromatic nitrogens is 2. The lowest BCUT2D eigenvalue weighted by Crippen LogP contribution is -2.45. The normalized spacial score (nSPS) is 20.2. The smallest absolute Gasteiger partial charge is 0.317 e. The number of nitrogens with zero attached hydrogens (tertiary/aromatic N) is 4. The molecule has 26 heavy (non-hydrogen) atoms. The second-order valence-electron chi connectivity index (χ2n) is 7.06. The lowest BCUT2D eigenvalue weighted by atomic mass is 10.1. The molecule has 2 aromatic rings. The molecule has 138 valence electrons. The molecule has 0 radical (unpaired) electrons. The van der Waals surface area contributed by atoms with Gasteiger partial charge in [0, 0.05) is 51.0 Å². The summed E-state index contributed by atoms with van der Waals surface area (Å²) in [6, 6.07) is 8.93. The number of fused-ring (bicyclic) bond motifs is 1. The molecule has 1 saturated heterocycles. The monoisotopic (exact) mass is 357 g/mol. The third-order valence-electron chi connectivity index (χ3n) is 5.19. The second kappa shape index (κ2) is 7.45. The van der Waals surface area contributed by atoms with E-state index < -0.39 is 0 Å². The average molecular weight is 357 g/mol. The van der Waals surface area contributed by atoms with E-state index in [1.165, 1.54) is 6.07 Å². The van der Waals surface area contributed by atoms with Crippen LogP contribution in [0.4, 0.5) is 9.18 Å². The summed E-state index contributed by atoms with van der Waals surface area (Å²) >= 11 is 0. The maximum absolute atomic E-state index is 14.0. The van der Waals surface area contributed by atoms with Crippen LogP contribution in [0, 0.1) is 5.82 Å². The fourth-order valence-electron chi connectivity index (χ4n) is 3.84. The highest BCUT2D eigenvalue weighted by molar-refractivity contribution is 5.74. The molecule has 1 aromatic heterocycles. The number of hydrogen-bond donors (Lipinski definition) is 1. The summed E-state index contributed by atoms with van der Waals surface area (Å²) in [5.74, 6) is -0.175. The van der Waals surface area contributed by atoms with Crippen LogP contribution in [0.3, 0.4) is 0 Å². The van der Waals surface area contributed by atoms with Crippen LogP contribution in [0.1, 0.15) is 30.1 Å². The number of likely N-dealkylation sites (tertiary alicyclic amines) is 1. The van der Waals surface area contributed by atoms with Crippen molar-refractivity contribution < 1.29 is 9.18 Å². The zero-order valence-electron chi connectivity index (χ0n) is 14.8. The minimum atomic E-state index is -0.175. The Balaban J connectivity index is 1.42. The average Bonchev–Trinajstić information content (AvgIpc) is 3.33. The first-order valence-corrected chi connectivity index (χ1v) is 9.21. The summed E-state index contributed by atoms with van der Waals surface area (Å²) in [5, 5.41) is 7.47. The van der Waals surface area contributed by atoms with E-state index in [2.05, 4.69) is 15.3 Å². The molecule has 1 aromatic carbocycles. The Kier molecular flexibility index (Phi) is 4.88. The van der Waals surface area contributed by atoms with Crippen LogP contribution < -0.4 is 5.32 Å². The SMILES string of the molecule is O=C(NC[C@H]1CN(Cc2ccccc2F)Cc2ccnn21)N1CCCC1. The Morgan fingerprint density at radius 1 is 1.23 bits per heavy atom. The third kappa shape index (κ3) is 3.58. The molecule has 0 unspecified atom stereocenters. The van der Waals surface area contributed by atoms with Gasteiger partial charge in [-0.1, -0.05) is 18.2 Å². The van der Waals surface area contributed by atoms with Gasteiger partial charge in [-0.05, 0) is 25.0 Å². The predicted molar refractivity (Wildman–Crippen MR) is 96.0 cm³/mol. The first-order valence-electron chi connectivity index (χ1n) is 9.21. The minimum absolute atomic E-state index is 0.00225.